The fourth-order valence-corrected chi connectivity index (χ4v) is 4.64. The number of carbonyl (C=O) groups excluding carboxylic acids is 1. The number of hydrogen-bond donors (Lipinski definition) is 1. The number of fused-ring (bicyclic) bond motifs is 4. The van der Waals surface area contributed by atoms with E-state index in [1.165, 1.54) is 42.3 Å². The first-order valence-electron chi connectivity index (χ1n) is 8.04. The highest BCUT2D eigenvalue weighted by Gasteiger charge is 2.40. The molecule has 116 valence electrons. The smallest absolute Gasteiger partial charge is 0.251 e. The van der Waals surface area contributed by atoms with Crippen LogP contribution in [-0.2, 0) is 0 Å². The molecule has 2 bridgehead atoms. The first kappa shape index (κ1) is 14.2. The van der Waals surface area contributed by atoms with Crippen molar-refractivity contribution in [1.82, 2.24) is 14.6 Å². The summed E-state index contributed by atoms with van der Waals surface area (Å²) >= 11 is 1.50. The van der Waals surface area contributed by atoms with Crippen molar-refractivity contribution in [2.24, 2.45) is 5.92 Å². The van der Waals surface area contributed by atoms with E-state index in [4.69, 9.17) is 0 Å². The minimum atomic E-state index is 0.0538. The van der Waals surface area contributed by atoms with Crippen LogP contribution in [0.2, 0.25) is 0 Å². The third kappa shape index (κ3) is 2.23. The first-order valence-corrected chi connectivity index (χ1v) is 8.82. The van der Waals surface area contributed by atoms with Crippen molar-refractivity contribution in [3.05, 3.63) is 28.6 Å². The molecular weight excluding hydrogens is 294 g/mol. The van der Waals surface area contributed by atoms with Gasteiger partial charge in [-0.1, -0.05) is 0 Å². The summed E-state index contributed by atoms with van der Waals surface area (Å²) in [6.45, 7) is 6.66. The predicted octanol–water partition coefficient (Wildman–Crippen LogP) is 2.82. The Labute approximate surface area is 134 Å². The summed E-state index contributed by atoms with van der Waals surface area (Å²) in [7, 11) is 0. The zero-order valence-electron chi connectivity index (χ0n) is 13.0. The molecule has 3 fully saturated rings. The fraction of sp³-hybridized carbons (Fsp3) is 0.529. The second kappa shape index (κ2) is 5.32. The average Bonchev–Trinajstić information content (AvgIpc) is 2.92. The highest BCUT2D eigenvalue weighted by molar-refractivity contribution is 7.07. The van der Waals surface area contributed by atoms with Gasteiger partial charge in [0.2, 0.25) is 0 Å². The topological polar surface area (TPSA) is 45.2 Å². The molecular formula is C17H21N3OS. The van der Waals surface area contributed by atoms with Crippen molar-refractivity contribution < 1.29 is 4.79 Å². The number of nitrogens with one attached hydrogen (secondary N) is 1. The number of aryl methyl sites for hydroxylation is 1. The van der Waals surface area contributed by atoms with E-state index >= 15 is 0 Å². The molecule has 0 saturated carbocycles. The van der Waals surface area contributed by atoms with Crippen LogP contribution in [0.1, 0.15) is 35.0 Å². The zero-order chi connectivity index (χ0) is 15.3. The summed E-state index contributed by atoms with van der Waals surface area (Å²) in [5.41, 5.74) is 1.73. The van der Waals surface area contributed by atoms with Gasteiger partial charge >= 0.3 is 0 Å². The number of carbonyl (C=O) groups is 1. The Balaban J connectivity index is 1.57. The van der Waals surface area contributed by atoms with Crippen LogP contribution in [0.5, 0.6) is 0 Å². The lowest BCUT2D eigenvalue weighted by Crippen LogP contribution is -2.62. The van der Waals surface area contributed by atoms with Gasteiger partial charge in [0.1, 0.15) is 0 Å². The van der Waals surface area contributed by atoms with Crippen LogP contribution >= 0.6 is 11.5 Å². The number of amides is 1. The molecule has 0 spiro atoms. The van der Waals surface area contributed by atoms with Crippen LogP contribution in [0.15, 0.2) is 18.2 Å². The number of piperidine rings is 3. The van der Waals surface area contributed by atoms with E-state index in [0.29, 0.717) is 12.0 Å². The van der Waals surface area contributed by atoms with E-state index in [9.17, 15) is 4.79 Å². The van der Waals surface area contributed by atoms with Crippen LogP contribution in [0, 0.1) is 12.8 Å². The quantitative estimate of drug-likeness (QED) is 0.927. The molecule has 5 heteroatoms. The minimum Gasteiger partial charge on any atom is -0.347 e. The predicted molar refractivity (Wildman–Crippen MR) is 89.4 cm³/mol. The standard InChI is InChI=1S/C17H21N3OS/c1-10-16(12-5-7-20(10)8-6-12)18-17(21)13-3-4-15-14(9-13)11(2)22-19-15/h3-4,9-10,12,16H,5-8H2,1-2H3,(H,18,21)/t10-,16-/m0/s1. The van der Waals surface area contributed by atoms with Gasteiger partial charge in [-0.3, -0.25) is 9.69 Å². The molecule has 2 atom stereocenters. The van der Waals surface area contributed by atoms with E-state index in [1.54, 1.807) is 0 Å². The fourth-order valence-electron chi connectivity index (χ4n) is 3.99. The van der Waals surface area contributed by atoms with Gasteiger partial charge in [-0.25, -0.2) is 0 Å². The molecule has 0 aliphatic carbocycles. The molecule has 2 aromatic rings. The van der Waals surface area contributed by atoms with Crippen LogP contribution in [-0.4, -0.2) is 40.4 Å². The van der Waals surface area contributed by atoms with E-state index in [2.05, 4.69) is 28.4 Å². The molecule has 22 heavy (non-hydrogen) atoms. The summed E-state index contributed by atoms with van der Waals surface area (Å²) in [6.07, 6.45) is 2.42. The Morgan fingerprint density at radius 3 is 2.86 bits per heavy atom. The molecule has 5 rings (SSSR count). The number of benzene rings is 1. The maximum absolute atomic E-state index is 12.7. The summed E-state index contributed by atoms with van der Waals surface area (Å²) in [4.78, 5) is 16.3. The molecule has 1 aromatic carbocycles. The number of rotatable bonds is 2. The SMILES string of the molecule is Cc1snc2ccc(C(=O)N[C@@H]3C4CCN(CC4)[C@H]3C)cc12. The monoisotopic (exact) mass is 315 g/mol. The maximum atomic E-state index is 12.7. The van der Waals surface area contributed by atoms with E-state index < -0.39 is 0 Å². The minimum absolute atomic E-state index is 0.0538. The Morgan fingerprint density at radius 1 is 1.36 bits per heavy atom. The largest absolute Gasteiger partial charge is 0.347 e. The Kier molecular flexibility index (Phi) is 3.42. The molecule has 0 radical (unpaired) electrons. The second-order valence-electron chi connectivity index (χ2n) is 6.58. The number of aromatic nitrogens is 1. The van der Waals surface area contributed by atoms with Gasteiger partial charge < -0.3 is 5.32 Å². The number of hydrogen-bond acceptors (Lipinski definition) is 4. The van der Waals surface area contributed by atoms with Gasteiger partial charge in [0.15, 0.2) is 0 Å². The van der Waals surface area contributed by atoms with E-state index in [1.807, 2.05) is 18.2 Å². The van der Waals surface area contributed by atoms with Gasteiger partial charge in [0.05, 0.1) is 5.52 Å². The summed E-state index contributed by atoms with van der Waals surface area (Å²) in [6, 6.07) is 6.56. The molecule has 0 unspecified atom stereocenters. The molecule has 4 nitrogen and oxygen atoms in total. The van der Waals surface area contributed by atoms with Gasteiger partial charge in [0, 0.05) is 27.9 Å². The van der Waals surface area contributed by atoms with Crippen molar-refractivity contribution >= 4 is 28.3 Å². The van der Waals surface area contributed by atoms with Crippen molar-refractivity contribution in [1.29, 1.82) is 0 Å². The Hall–Kier alpha value is -1.46. The van der Waals surface area contributed by atoms with Gasteiger partial charge in [0.25, 0.3) is 5.91 Å². The molecule has 3 saturated heterocycles. The van der Waals surface area contributed by atoms with Crippen molar-refractivity contribution in [3.63, 3.8) is 0 Å². The van der Waals surface area contributed by atoms with Crippen LogP contribution in [0.3, 0.4) is 0 Å². The van der Waals surface area contributed by atoms with Crippen LogP contribution in [0.25, 0.3) is 10.9 Å². The average molecular weight is 315 g/mol. The summed E-state index contributed by atoms with van der Waals surface area (Å²) in [5, 5.41) is 4.39. The lowest BCUT2D eigenvalue weighted by Gasteiger charge is -2.49. The molecule has 3 aliphatic heterocycles. The molecule has 1 aromatic heterocycles. The van der Waals surface area contributed by atoms with Gasteiger partial charge in [-0.05, 0) is 75.4 Å². The summed E-state index contributed by atoms with van der Waals surface area (Å²) < 4.78 is 4.38. The highest BCUT2D eigenvalue weighted by Crippen LogP contribution is 2.32. The van der Waals surface area contributed by atoms with Gasteiger partial charge in [-0.2, -0.15) is 4.37 Å². The zero-order valence-corrected chi connectivity index (χ0v) is 13.8. The Bertz CT molecular complexity index is 716. The van der Waals surface area contributed by atoms with Gasteiger partial charge in [-0.15, -0.1) is 0 Å². The summed E-state index contributed by atoms with van der Waals surface area (Å²) in [5.74, 6) is 0.690. The lowest BCUT2D eigenvalue weighted by molar-refractivity contribution is 0.0217. The second-order valence-corrected chi connectivity index (χ2v) is 7.56. The van der Waals surface area contributed by atoms with Crippen molar-refractivity contribution in [2.75, 3.05) is 13.1 Å². The molecule has 1 amide bonds. The molecule has 4 heterocycles. The highest BCUT2D eigenvalue weighted by atomic mass is 32.1. The first-order chi connectivity index (χ1) is 10.6. The molecule has 1 N–H and O–H groups in total. The van der Waals surface area contributed by atoms with Crippen LogP contribution in [0.4, 0.5) is 0 Å². The Morgan fingerprint density at radius 2 is 2.14 bits per heavy atom. The van der Waals surface area contributed by atoms with Crippen molar-refractivity contribution in [2.45, 2.75) is 38.8 Å². The lowest BCUT2D eigenvalue weighted by atomic mass is 9.79. The maximum Gasteiger partial charge on any atom is 0.251 e. The van der Waals surface area contributed by atoms with E-state index in [0.717, 1.165) is 16.5 Å². The number of nitrogens with zero attached hydrogens (tertiary/aromatic N) is 2. The third-order valence-electron chi connectivity index (χ3n) is 5.39. The normalized spacial score (nSPS) is 30.6. The van der Waals surface area contributed by atoms with Crippen molar-refractivity contribution in [3.8, 4) is 0 Å². The van der Waals surface area contributed by atoms with Crippen LogP contribution < -0.4 is 5.32 Å². The third-order valence-corrected chi connectivity index (χ3v) is 6.18. The molecule has 3 aliphatic rings. The van der Waals surface area contributed by atoms with E-state index in [-0.39, 0.29) is 11.9 Å².